The number of H-pyrrole nitrogens is 1. The summed E-state index contributed by atoms with van der Waals surface area (Å²) < 4.78 is 0. The van der Waals surface area contributed by atoms with Crippen molar-refractivity contribution in [2.24, 2.45) is 0 Å². The smallest absolute Gasteiger partial charge is 0.826 e. The summed E-state index contributed by atoms with van der Waals surface area (Å²) in [6.45, 7) is 0. The number of rotatable bonds is 2. The van der Waals surface area contributed by atoms with Crippen molar-refractivity contribution in [3.8, 4) is 0 Å². The first kappa shape index (κ1) is 24.8. The molecule has 0 fully saturated rings. The minimum atomic E-state index is -1.14. The van der Waals surface area contributed by atoms with Crippen molar-refractivity contribution in [2.75, 3.05) is 0 Å². The largest absolute Gasteiger partial charge is 0.826 e. The number of aromatic nitrogens is 1. The number of carboxylic acid groups (broad SMARTS) is 1. The summed E-state index contributed by atoms with van der Waals surface area (Å²) in [5, 5.41) is 19.9. The van der Waals surface area contributed by atoms with E-state index in [0.29, 0.717) is 5.39 Å². The van der Waals surface area contributed by atoms with E-state index >= 15 is 0 Å². The minimum absolute atomic E-state index is 0. The Kier molecular flexibility index (Phi) is 13.5. The molecule has 0 unspecified atom stereocenters. The fourth-order valence-corrected chi connectivity index (χ4v) is 1.41. The number of carboxylic acids is 1. The molecule has 0 bridgehead atoms. The Morgan fingerprint density at radius 1 is 1.33 bits per heavy atom. The maximum atomic E-state index is 10.7. The van der Waals surface area contributed by atoms with Crippen LogP contribution in [0.2, 0.25) is 0 Å². The molecule has 0 atom stereocenters. The first-order chi connectivity index (χ1) is 8.51. The quantitative estimate of drug-likeness (QED) is 0.454. The molecule has 0 spiro atoms. The van der Waals surface area contributed by atoms with Gasteiger partial charge in [-0.15, -0.1) is 0 Å². The van der Waals surface area contributed by atoms with E-state index in [4.69, 9.17) is 23.9 Å². The molecule has 0 amide bonds. The van der Waals surface area contributed by atoms with Gasteiger partial charge in [-0.05, 0) is 6.07 Å². The van der Waals surface area contributed by atoms with Crippen LogP contribution in [0.4, 0.5) is 5.69 Å². The maximum Gasteiger partial charge on any atom is -0.826 e. The van der Waals surface area contributed by atoms with Crippen molar-refractivity contribution >= 4 is 41.4 Å². The molecule has 12 heteroatoms. The van der Waals surface area contributed by atoms with Gasteiger partial charge >= 0.3 is 41.3 Å². The third-order valence-corrected chi connectivity index (χ3v) is 2.06. The molecular weight excluding hydrogens is 510 g/mol. The van der Waals surface area contributed by atoms with Crippen molar-refractivity contribution in [1.29, 1.82) is 0 Å². The second kappa shape index (κ2) is 11.4. The number of aromatic carboxylic acids is 1. The standard InChI is InChI=1S/C9H6N2O4.2ClH.2HN.H2O.Pt/c12-9(13)6-4-5-2-1-3-7(11(14)15)8(5)10-6;;;;;;/h1-4,10H,(H,12,13);4*1H;1H2;/q;;;2*-1;;+4/p-2. The second-order valence-corrected chi connectivity index (χ2v) is 6.31. The van der Waals surface area contributed by atoms with E-state index in [0.717, 1.165) is 0 Å². The van der Waals surface area contributed by atoms with Crippen LogP contribution in [-0.2, 0) is 16.5 Å². The zero-order valence-corrected chi connectivity index (χ0v) is 13.8. The van der Waals surface area contributed by atoms with Crippen molar-refractivity contribution in [1.82, 2.24) is 4.98 Å². The Labute approximate surface area is 135 Å². The molecule has 9 nitrogen and oxygen atoms in total. The number of hydrogen-bond acceptors (Lipinski definition) is 3. The number of non-ortho nitro benzene ring substituents is 1. The van der Waals surface area contributed by atoms with Crippen molar-refractivity contribution in [3.05, 3.63) is 52.4 Å². The average Bonchev–Trinajstić information content (AvgIpc) is 2.73. The Morgan fingerprint density at radius 2 is 1.86 bits per heavy atom. The maximum absolute atomic E-state index is 10.7. The zero-order chi connectivity index (χ0) is 13.7. The van der Waals surface area contributed by atoms with Crippen LogP contribution in [0.15, 0.2) is 24.3 Å². The predicted octanol–water partition coefficient (Wildman–Crippen LogP) is 3.33. The summed E-state index contributed by atoms with van der Waals surface area (Å²) in [6, 6.07) is 5.82. The van der Waals surface area contributed by atoms with E-state index < -0.39 is 27.4 Å². The van der Waals surface area contributed by atoms with Crippen molar-refractivity contribution in [2.45, 2.75) is 0 Å². The van der Waals surface area contributed by atoms with Crippen LogP contribution in [0.1, 0.15) is 10.5 Å². The SMILES string of the molecule is O.O=C(O)c1cc2cccc([N+](=O)[O-])c2[nH]1.[Cl][Pt+2][Cl].[NH-].[NH-]. The molecule has 1 aromatic carbocycles. The molecule has 1 heterocycles. The molecule has 0 aliphatic carbocycles. The van der Waals surface area contributed by atoms with Gasteiger partial charge in [0.1, 0.15) is 11.2 Å². The van der Waals surface area contributed by atoms with Gasteiger partial charge in [0.2, 0.25) is 0 Å². The monoisotopic (exact) mass is 519 g/mol. The van der Waals surface area contributed by atoms with Gasteiger partial charge in [-0.25, -0.2) is 4.79 Å². The molecule has 2 radical (unpaired) electrons. The molecule has 120 valence electrons. The van der Waals surface area contributed by atoms with E-state index in [-0.39, 0.29) is 34.7 Å². The molecule has 0 aliphatic rings. The van der Waals surface area contributed by atoms with Gasteiger partial charge in [-0.2, -0.15) is 0 Å². The number of aromatic amines is 1. The minimum Gasteiger partial charge on any atom is -0.826 e. The van der Waals surface area contributed by atoms with Crippen molar-refractivity contribution in [3.63, 3.8) is 0 Å². The molecule has 2 aromatic rings. The number of nitro groups is 1. The number of benzene rings is 1. The van der Waals surface area contributed by atoms with E-state index in [1.54, 1.807) is 6.07 Å². The van der Waals surface area contributed by atoms with Crippen LogP contribution in [0.25, 0.3) is 23.2 Å². The van der Waals surface area contributed by atoms with Gasteiger partial charge in [-0.3, -0.25) is 10.1 Å². The van der Waals surface area contributed by atoms with Gasteiger partial charge in [0.15, 0.2) is 0 Å². The number of nitro benzene ring substituents is 1. The summed E-state index contributed by atoms with van der Waals surface area (Å²) in [7, 11) is 9.75. The van der Waals surface area contributed by atoms with Gasteiger partial charge in [0, 0.05) is 11.5 Å². The van der Waals surface area contributed by atoms with E-state index in [9.17, 15) is 14.9 Å². The van der Waals surface area contributed by atoms with E-state index in [1.807, 2.05) is 0 Å². The van der Waals surface area contributed by atoms with Crippen molar-refractivity contribution < 1.29 is 36.8 Å². The molecule has 2 rings (SSSR count). The Hall–Kier alpha value is -1.22. The third-order valence-electron chi connectivity index (χ3n) is 2.06. The number of carbonyl (C=O) groups is 1. The first-order valence-electron chi connectivity index (χ1n) is 4.33. The van der Waals surface area contributed by atoms with Crippen LogP contribution in [0.3, 0.4) is 0 Å². The summed E-state index contributed by atoms with van der Waals surface area (Å²) in [4.78, 5) is 23.2. The van der Waals surface area contributed by atoms with Gasteiger partial charge in [0.05, 0.1) is 4.92 Å². The number of halogens is 2. The topological polar surface area (TPSA) is 192 Å². The molecule has 21 heavy (non-hydrogen) atoms. The Bertz CT molecular complexity index is 595. The molecule has 0 saturated carbocycles. The number of nitrogens with zero attached hydrogens (tertiary/aromatic N) is 1. The zero-order valence-electron chi connectivity index (χ0n) is 10.0. The number of fused-ring (bicyclic) bond motifs is 1. The molecule has 1 aromatic heterocycles. The van der Waals surface area contributed by atoms with Crippen LogP contribution >= 0.6 is 18.8 Å². The summed E-state index contributed by atoms with van der Waals surface area (Å²) >= 11 is -0.472. The van der Waals surface area contributed by atoms with Crippen LogP contribution in [0, 0.1) is 10.1 Å². The molecular formula is C9H10Cl2N4O5Pt. The predicted molar refractivity (Wildman–Crippen MR) is 75.9 cm³/mol. The number of para-hydroxylation sites is 1. The summed E-state index contributed by atoms with van der Waals surface area (Å²) in [5.41, 5.74) is 0.0548. The molecule has 0 saturated heterocycles. The first-order valence-corrected chi connectivity index (χ1v) is 9.96. The van der Waals surface area contributed by atoms with Gasteiger partial charge < -0.3 is 27.9 Å². The summed E-state index contributed by atoms with van der Waals surface area (Å²) in [6.07, 6.45) is 0. The second-order valence-electron chi connectivity index (χ2n) is 3.03. The van der Waals surface area contributed by atoms with Crippen LogP contribution in [0.5, 0.6) is 0 Å². The van der Waals surface area contributed by atoms with E-state index in [1.165, 1.54) is 18.2 Å². The van der Waals surface area contributed by atoms with Gasteiger partial charge in [-0.1, -0.05) is 12.1 Å². The third kappa shape index (κ3) is 6.38. The number of nitrogens with one attached hydrogen (secondary N) is 3. The van der Waals surface area contributed by atoms with Gasteiger partial charge in [0.25, 0.3) is 5.69 Å². The fraction of sp³-hybridized carbons (Fsp3) is 0. The summed E-state index contributed by atoms with van der Waals surface area (Å²) in [5.74, 6) is -1.14. The Morgan fingerprint density at radius 3 is 2.29 bits per heavy atom. The Balaban J connectivity index is -0.000000500. The average molecular weight is 520 g/mol. The normalized spacial score (nSPS) is 8.48. The number of hydrogen-bond donors (Lipinski definition) is 2. The molecule has 6 N–H and O–H groups in total. The fourth-order valence-electron chi connectivity index (χ4n) is 1.41. The van der Waals surface area contributed by atoms with Crippen LogP contribution < -0.4 is 0 Å². The van der Waals surface area contributed by atoms with Crippen LogP contribution in [-0.4, -0.2) is 26.5 Å². The molecule has 0 aliphatic heterocycles. The van der Waals surface area contributed by atoms with E-state index in [2.05, 4.69) is 4.98 Å².